The maximum absolute atomic E-state index is 13.5. The van der Waals surface area contributed by atoms with Crippen molar-refractivity contribution in [3.05, 3.63) is 44.4 Å². The normalized spacial score (nSPS) is 10.5. The fraction of sp³-hybridized carbons (Fsp3) is 0.0909. The summed E-state index contributed by atoms with van der Waals surface area (Å²) in [5.41, 5.74) is 1.91. The highest BCUT2D eigenvalue weighted by molar-refractivity contribution is 9.10. The van der Waals surface area contributed by atoms with Gasteiger partial charge in [-0.15, -0.1) is 10.2 Å². The van der Waals surface area contributed by atoms with Gasteiger partial charge in [0.15, 0.2) is 10.3 Å². The van der Waals surface area contributed by atoms with E-state index in [0.29, 0.717) is 15.8 Å². The lowest BCUT2D eigenvalue weighted by atomic mass is 10.2. The lowest BCUT2D eigenvalue weighted by molar-refractivity contribution is 0.621. The SMILES string of the molecule is Cc1cc(Br)c(F)cc1Nc1cc(Cl)nnc1Cl. The number of aromatic nitrogens is 2. The Balaban J connectivity index is 2.40. The van der Waals surface area contributed by atoms with E-state index in [0.717, 1.165) is 5.56 Å². The van der Waals surface area contributed by atoms with Crippen molar-refractivity contribution in [1.82, 2.24) is 10.2 Å². The van der Waals surface area contributed by atoms with Gasteiger partial charge in [-0.25, -0.2) is 4.39 Å². The summed E-state index contributed by atoms with van der Waals surface area (Å²) < 4.78 is 13.9. The van der Waals surface area contributed by atoms with Gasteiger partial charge in [0.25, 0.3) is 0 Å². The van der Waals surface area contributed by atoms with Gasteiger partial charge in [0.2, 0.25) is 0 Å². The molecule has 18 heavy (non-hydrogen) atoms. The second-order valence-electron chi connectivity index (χ2n) is 3.58. The molecule has 0 radical (unpaired) electrons. The Morgan fingerprint density at radius 1 is 1.17 bits per heavy atom. The Labute approximate surface area is 121 Å². The van der Waals surface area contributed by atoms with Crippen LogP contribution in [0.25, 0.3) is 0 Å². The monoisotopic (exact) mass is 349 g/mol. The molecule has 0 atom stereocenters. The van der Waals surface area contributed by atoms with Crippen molar-refractivity contribution in [1.29, 1.82) is 0 Å². The van der Waals surface area contributed by atoms with Gasteiger partial charge in [-0.1, -0.05) is 23.2 Å². The molecule has 1 heterocycles. The smallest absolute Gasteiger partial charge is 0.175 e. The van der Waals surface area contributed by atoms with Gasteiger partial charge in [-0.05, 0) is 40.5 Å². The summed E-state index contributed by atoms with van der Waals surface area (Å²) in [6.45, 7) is 1.84. The third-order valence-electron chi connectivity index (χ3n) is 2.26. The number of rotatable bonds is 2. The van der Waals surface area contributed by atoms with Crippen LogP contribution in [0.4, 0.5) is 15.8 Å². The lowest BCUT2D eigenvalue weighted by Crippen LogP contribution is -1.98. The van der Waals surface area contributed by atoms with E-state index in [-0.39, 0.29) is 16.1 Å². The van der Waals surface area contributed by atoms with Crippen molar-refractivity contribution in [2.24, 2.45) is 0 Å². The Kier molecular flexibility index (Phi) is 4.04. The number of nitrogens with zero attached hydrogens (tertiary/aromatic N) is 2. The molecule has 0 unspecified atom stereocenters. The molecule has 0 aliphatic heterocycles. The molecule has 1 aromatic heterocycles. The molecule has 94 valence electrons. The summed E-state index contributed by atoms with van der Waals surface area (Å²) in [4.78, 5) is 0. The summed E-state index contributed by atoms with van der Waals surface area (Å²) >= 11 is 14.7. The van der Waals surface area contributed by atoms with E-state index in [1.807, 2.05) is 6.92 Å². The van der Waals surface area contributed by atoms with Crippen LogP contribution in [0.2, 0.25) is 10.3 Å². The minimum atomic E-state index is -0.368. The molecule has 2 rings (SSSR count). The molecular weight excluding hydrogens is 344 g/mol. The molecule has 1 N–H and O–H groups in total. The van der Waals surface area contributed by atoms with Crippen LogP contribution >= 0.6 is 39.1 Å². The van der Waals surface area contributed by atoms with Crippen LogP contribution in [0, 0.1) is 12.7 Å². The molecule has 0 spiro atoms. The molecule has 1 aromatic carbocycles. The van der Waals surface area contributed by atoms with Crippen LogP contribution in [-0.2, 0) is 0 Å². The van der Waals surface area contributed by atoms with Gasteiger partial charge in [-0.3, -0.25) is 0 Å². The molecule has 0 saturated carbocycles. The van der Waals surface area contributed by atoms with E-state index in [9.17, 15) is 4.39 Å². The second-order valence-corrected chi connectivity index (χ2v) is 5.18. The van der Waals surface area contributed by atoms with E-state index >= 15 is 0 Å². The first-order valence-corrected chi connectivity index (χ1v) is 6.43. The van der Waals surface area contributed by atoms with Crippen LogP contribution in [-0.4, -0.2) is 10.2 Å². The number of hydrogen-bond acceptors (Lipinski definition) is 3. The maximum Gasteiger partial charge on any atom is 0.175 e. The molecule has 3 nitrogen and oxygen atoms in total. The maximum atomic E-state index is 13.5. The zero-order valence-electron chi connectivity index (χ0n) is 9.14. The first-order valence-electron chi connectivity index (χ1n) is 4.89. The van der Waals surface area contributed by atoms with E-state index in [2.05, 4.69) is 31.4 Å². The third kappa shape index (κ3) is 2.91. The van der Waals surface area contributed by atoms with Crippen LogP contribution < -0.4 is 5.32 Å². The van der Waals surface area contributed by atoms with Crippen molar-refractivity contribution in [3.63, 3.8) is 0 Å². The lowest BCUT2D eigenvalue weighted by Gasteiger charge is -2.11. The number of anilines is 2. The average molecular weight is 351 g/mol. The molecule has 0 aliphatic carbocycles. The summed E-state index contributed by atoms with van der Waals surface area (Å²) in [7, 11) is 0. The molecular formula is C11H7BrCl2FN3. The second kappa shape index (κ2) is 5.38. The first-order chi connectivity index (χ1) is 8.47. The predicted molar refractivity (Wildman–Crippen MR) is 74.2 cm³/mol. The zero-order chi connectivity index (χ0) is 13.3. The highest BCUT2D eigenvalue weighted by atomic mass is 79.9. The standard InChI is InChI=1S/C11H7BrCl2FN3/c1-5-2-6(12)7(15)3-8(5)16-9-4-10(13)17-18-11(9)14/h2-4H,1H3,(H,16,17). The predicted octanol–water partition coefficient (Wildman–Crippen LogP) is 4.74. The largest absolute Gasteiger partial charge is 0.353 e. The molecule has 0 amide bonds. The van der Waals surface area contributed by atoms with Crippen LogP contribution in [0.1, 0.15) is 5.56 Å². The summed E-state index contributed by atoms with van der Waals surface area (Å²) in [5.74, 6) is -0.368. The van der Waals surface area contributed by atoms with E-state index in [4.69, 9.17) is 23.2 Å². The zero-order valence-corrected chi connectivity index (χ0v) is 12.2. The molecule has 2 aromatic rings. The average Bonchev–Trinajstić information content (AvgIpc) is 2.30. The van der Waals surface area contributed by atoms with Crippen molar-refractivity contribution in [2.45, 2.75) is 6.92 Å². The van der Waals surface area contributed by atoms with Gasteiger partial charge >= 0.3 is 0 Å². The fourth-order valence-corrected chi connectivity index (χ4v) is 2.11. The van der Waals surface area contributed by atoms with Crippen molar-refractivity contribution >= 4 is 50.5 Å². The quantitative estimate of drug-likeness (QED) is 0.850. The minimum Gasteiger partial charge on any atom is -0.353 e. The van der Waals surface area contributed by atoms with Crippen LogP contribution in [0.5, 0.6) is 0 Å². The minimum absolute atomic E-state index is 0.169. The van der Waals surface area contributed by atoms with Crippen LogP contribution in [0.15, 0.2) is 22.7 Å². The number of hydrogen-bond donors (Lipinski definition) is 1. The Hall–Kier alpha value is -0.910. The van der Waals surface area contributed by atoms with E-state index < -0.39 is 0 Å². The molecule has 0 aliphatic rings. The summed E-state index contributed by atoms with van der Waals surface area (Å²) in [6, 6.07) is 4.56. The topological polar surface area (TPSA) is 37.8 Å². The number of nitrogens with one attached hydrogen (secondary N) is 1. The van der Waals surface area contributed by atoms with Gasteiger partial charge in [0.05, 0.1) is 10.2 Å². The van der Waals surface area contributed by atoms with Crippen LogP contribution in [0.3, 0.4) is 0 Å². The molecule has 0 bridgehead atoms. The highest BCUT2D eigenvalue weighted by Gasteiger charge is 2.09. The van der Waals surface area contributed by atoms with Gasteiger partial charge in [-0.2, -0.15) is 0 Å². The molecule has 0 saturated heterocycles. The first kappa shape index (κ1) is 13.5. The van der Waals surface area contributed by atoms with Gasteiger partial charge in [0, 0.05) is 11.8 Å². The molecule has 0 fully saturated rings. The van der Waals surface area contributed by atoms with Crippen molar-refractivity contribution < 1.29 is 4.39 Å². The third-order valence-corrected chi connectivity index (χ3v) is 3.33. The van der Waals surface area contributed by atoms with E-state index in [1.165, 1.54) is 12.1 Å². The van der Waals surface area contributed by atoms with E-state index in [1.54, 1.807) is 6.07 Å². The summed E-state index contributed by atoms with van der Waals surface area (Å²) in [6.07, 6.45) is 0. The Morgan fingerprint density at radius 2 is 1.89 bits per heavy atom. The fourth-order valence-electron chi connectivity index (χ4n) is 1.37. The van der Waals surface area contributed by atoms with Crippen molar-refractivity contribution in [2.75, 3.05) is 5.32 Å². The Morgan fingerprint density at radius 3 is 2.61 bits per heavy atom. The molecule has 7 heteroatoms. The number of aryl methyl sites for hydroxylation is 1. The summed E-state index contributed by atoms with van der Waals surface area (Å²) in [5, 5.41) is 10.6. The Bertz CT molecular complexity index is 607. The number of benzene rings is 1. The van der Waals surface area contributed by atoms with Gasteiger partial charge in [0.1, 0.15) is 5.82 Å². The number of halogens is 4. The van der Waals surface area contributed by atoms with Crippen molar-refractivity contribution in [3.8, 4) is 0 Å². The highest BCUT2D eigenvalue weighted by Crippen LogP contribution is 2.29. The van der Waals surface area contributed by atoms with Gasteiger partial charge < -0.3 is 5.32 Å².